The maximum absolute atomic E-state index is 11.9. The first-order chi connectivity index (χ1) is 30.6. The summed E-state index contributed by atoms with van der Waals surface area (Å²) >= 11 is 0. The van der Waals surface area contributed by atoms with Crippen molar-refractivity contribution in [2.75, 3.05) is 152 Å². The van der Waals surface area contributed by atoms with Crippen LogP contribution in [0.5, 0.6) is 0 Å². The first-order valence-corrected chi connectivity index (χ1v) is 26.2. The van der Waals surface area contributed by atoms with Crippen molar-refractivity contribution in [3.8, 4) is 0 Å². The van der Waals surface area contributed by atoms with Crippen LogP contribution in [0.2, 0.25) is 0 Å². The fourth-order valence-electron chi connectivity index (χ4n) is 8.74. The van der Waals surface area contributed by atoms with Crippen LogP contribution in [0.4, 0.5) is 4.79 Å². The number of hydrogen-bond acceptors (Lipinski definition) is 11. The molecular weight excluding hydrogens is 857 g/mol. The number of piperazine rings is 5. The molecule has 1 aromatic rings. The summed E-state index contributed by atoms with van der Waals surface area (Å²) in [7, 11) is 6.58. The van der Waals surface area contributed by atoms with E-state index >= 15 is 0 Å². The van der Waals surface area contributed by atoms with Crippen molar-refractivity contribution < 1.29 is 9.53 Å². The van der Waals surface area contributed by atoms with E-state index in [9.17, 15) is 4.79 Å². The minimum absolute atomic E-state index is 0. The molecule has 0 unspecified atom stereocenters. The molecule has 12 nitrogen and oxygen atoms in total. The molecule has 0 aliphatic carbocycles. The Bertz CT molecular complexity index is 1390. The number of carbonyl (C=O) groups is 1. The topological polar surface area (TPSA) is 58.7 Å². The highest BCUT2D eigenvalue weighted by atomic mass is 16.6. The summed E-state index contributed by atoms with van der Waals surface area (Å²) in [5.41, 5.74) is 2.61. The van der Waals surface area contributed by atoms with Gasteiger partial charge in [0.25, 0.3) is 0 Å². The Kier molecular flexibility index (Phi) is 28.9. The lowest BCUT2D eigenvalue weighted by atomic mass is 10.0. The molecule has 5 heterocycles. The number of nitrogens with zero attached hydrogens (tertiary/aromatic N) is 10. The molecule has 408 valence electrons. The molecule has 5 fully saturated rings. The summed E-state index contributed by atoms with van der Waals surface area (Å²) in [5.74, 6) is 0. The smallest absolute Gasteiger partial charge is 0.410 e. The van der Waals surface area contributed by atoms with Gasteiger partial charge in [0.2, 0.25) is 0 Å². The number of rotatable bonds is 2. The third-order valence-corrected chi connectivity index (χ3v) is 13.8. The van der Waals surface area contributed by atoms with Crippen molar-refractivity contribution in [3.05, 3.63) is 35.9 Å². The Morgan fingerprint density at radius 1 is 0.391 bits per heavy atom. The number of carbonyl (C=O) groups excluding carboxylic acids is 1. The number of amides is 1. The Balaban J connectivity index is 0.000000845. The minimum atomic E-state index is -0.405. The molecule has 1 amide bonds. The number of likely N-dealkylation sites (N-methyl/N-ethyl adjacent to an activating group) is 3. The van der Waals surface area contributed by atoms with Crippen LogP contribution < -0.4 is 0 Å². The SMILES string of the molecule is C.C.CC(C)(C)N1CCN(Cc2ccccc2)CC1.CC(C)(C)OC(=O)N1CCN(C(C)(C)C)CC1.CN1CCN(C(C)(C)C)CC1.CN1CCN(C(C)(C)C)CC1.CN1CCN(C(C)(C)C)CC1. The largest absolute Gasteiger partial charge is 0.444 e. The Hall–Kier alpha value is -1.87. The van der Waals surface area contributed by atoms with Gasteiger partial charge in [0, 0.05) is 165 Å². The average Bonchev–Trinajstić information content (AvgIpc) is 3.21. The lowest BCUT2D eigenvalue weighted by molar-refractivity contribution is 0.00420. The zero-order valence-electron chi connectivity index (χ0n) is 48.0. The molecule has 0 atom stereocenters. The van der Waals surface area contributed by atoms with Crippen LogP contribution in [-0.2, 0) is 11.3 Å². The third kappa shape index (κ3) is 27.7. The van der Waals surface area contributed by atoms with Gasteiger partial charge in [0.05, 0.1) is 0 Å². The standard InChI is InChI=1S/C15H24N2.C13H26N2O2.3C9H20N2.2CH4/c1-15(2,3)17-11-9-16(10-12-17)13-14-7-5-4-6-8-14;1-12(2,3)15-9-7-14(8-10-15)11(16)17-13(4,5)6;3*1-9(2,3)11-7-5-10(4)6-8-11;;/h4-8H,9-13H2,1-3H3;7-10H2,1-6H3;3*5-8H2,1-4H3;2*1H4. The molecule has 69 heavy (non-hydrogen) atoms. The van der Waals surface area contributed by atoms with Crippen molar-refractivity contribution in [2.45, 2.75) is 179 Å². The van der Waals surface area contributed by atoms with Crippen molar-refractivity contribution in [1.82, 2.24) is 49.0 Å². The maximum Gasteiger partial charge on any atom is 0.410 e. The highest BCUT2D eigenvalue weighted by Gasteiger charge is 2.31. The molecule has 5 aliphatic rings. The van der Waals surface area contributed by atoms with Gasteiger partial charge in [-0.05, 0) is 151 Å². The Labute approximate surface area is 430 Å². The molecule has 0 radical (unpaired) electrons. The zero-order valence-corrected chi connectivity index (χ0v) is 48.0. The van der Waals surface area contributed by atoms with Crippen LogP contribution in [-0.4, -0.2) is 240 Å². The van der Waals surface area contributed by atoms with E-state index < -0.39 is 5.60 Å². The normalized spacial score (nSPS) is 21.0. The second-order valence-electron chi connectivity index (χ2n) is 25.9. The Morgan fingerprint density at radius 2 is 0.638 bits per heavy atom. The van der Waals surface area contributed by atoms with E-state index in [4.69, 9.17) is 4.74 Å². The van der Waals surface area contributed by atoms with Crippen molar-refractivity contribution in [3.63, 3.8) is 0 Å². The predicted molar refractivity (Wildman–Crippen MR) is 302 cm³/mol. The van der Waals surface area contributed by atoms with Crippen LogP contribution in [0.25, 0.3) is 0 Å². The van der Waals surface area contributed by atoms with Crippen LogP contribution in [0.3, 0.4) is 0 Å². The highest BCUT2D eigenvalue weighted by Crippen LogP contribution is 2.20. The van der Waals surface area contributed by atoms with Gasteiger partial charge < -0.3 is 24.3 Å². The minimum Gasteiger partial charge on any atom is -0.444 e. The van der Waals surface area contributed by atoms with E-state index in [1.54, 1.807) is 4.90 Å². The maximum atomic E-state index is 11.9. The Morgan fingerprint density at radius 3 is 0.884 bits per heavy atom. The van der Waals surface area contributed by atoms with Gasteiger partial charge in [-0.15, -0.1) is 0 Å². The fraction of sp³-hybridized carbons (Fsp3) is 0.877. The van der Waals surface area contributed by atoms with E-state index in [-0.39, 0.29) is 26.5 Å². The highest BCUT2D eigenvalue weighted by molar-refractivity contribution is 5.68. The zero-order chi connectivity index (χ0) is 51.0. The second-order valence-corrected chi connectivity index (χ2v) is 25.9. The summed E-state index contributed by atoms with van der Waals surface area (Å²) in [6.07, 6.45) is -0.189. The number of hydrogen-bond donors (Lipinski definition) is 0. The predicted octanol–water partition coefficient (Wildman–Crippen LogP) is 9.31. The molecule has 0 N–H and O–H groups in total. The first-order valence-electron chi connectivity index (χ1n) is 26.2. The van der Waals surface area contributed by atoms with Gasteiger partial charge in [-0.25, -0.2) is 4.79 Å². The summed E-state index contributed by atoms with van der Waals surface area (Å²) in [4.78, 5) is 36.0. The van der Waals surface area contributed by atoms with Gasteiger partial charge in [-0.3, -0.25) is 29.4 Å². The molecule has 6 rings (SSSR count). The van der Waals surface area contributed by atoms with Crippen LogP contribution in [0, 0.1) is 0 Å². The van der Waals surface area contributed by atoms with E-state index in [0.29, 0.717) is 22.2 Å². The molecule has 0 aromatic heterocycles. The molecule has 12 heteroatoms. The summed E-state index contributed by atoms with van der Waals surface area (Å²) in [6.45, 7) is 63.7. The van der Waals surface area contributed by atoms with E-state index in [1.807, 2.05) is 20.8 Å². The van der Waals surface area contributed by atoms with Crippen LogP contribution >= 0.6 is 0 Å². The number of benzene rings is 1. The quantitative estimate of drug-likeness (QED) is 0.285. The fourth-order valence-corrected chi connectivity index (χ4v) is 8.74. The molecular formula is C57H118N10O2. The van der Waals surface area contributed by atoms with Crippen molar-refractivity contribution in [1.29, 1.82) is 0 Å². The molecule has 0 spiro atoms. The van der Waals surface area contributed by atoms with Gasteiger partial charge in [0.15, 0.2) is 0 Å². The lowest BCUT2D eigenvalue weighted by Crippen LogP contribution is -2.55. The van der Waals surface area contributed by atoms with Crippen molar-refractivity contribution >= 4 is 6.09 Å². The number of ether oxygens (including phenoxy) is 1. The first kappa shape index (κ1) is 67.1. The molecule has 0 saturated carbocycles. The van der Waals surface area contributed by atoms with Gasteiger partial charge in [0.1, 0.15) is 5.60 Å². The molecule has 5 aliphatic heterocycles. The van der Waals surface area contributed by atoms with Gasteiger partial charge in [-0.2, -0.15) is 0 Å². The van der Waals surface area contributed by atoms with Crippen LogP contribution in [0.1, 0.15) is 145 Å². The average molecular weight is 976 g/mol. The van der Waals surface area contributed by atoms with E-state index in [1.165, 1.54) is 110 Å². The molecule has 5 saturated heterocycles. The summed E-state index contributed by atoms with van der Waals surface area (Å²) in [6, 6.07) is 10.8. The lowest BCUT2D eigenvalue weighted by Gasteiger charge is -2.42. The molecule has 0 bridgehead atoms. The van der Waals surface area contributed by atoms with E-state index in [2.05, 4.69) is 199 Å². The van der Waals surface area contributed by atoms with Crippen molar-refractivity contribution in [2.24, 2.45) is 0 Å². The van der Waals surface area contributed by atoms with Crippen LogP contribution in [0.15, 0.2) is 30.3 Å². The summed E-state index contributed by atoms with van der Waals surface area (Å²) in [5, 5.41) is 0. The molecule has 1 aromatic carbocycles. The van der Waals surface area contributed by atoms with Gasteiger partial charge >= 0.3 is 6.09 Å². The second kappa shape index (κ2) is 29.7. The van der Waals surface area contributed by atoms with Gasteiger partial charge in [-0.1, -0.05) is 45.2 Å². The summed E-state index contributed by atoms with van der Waals surface area (Å²) < 4.78 is 5.37. The third-order valence-electron chi connectivity index (χ3n) is 13.8. The monoisotopic (exact) mass is 975 g/mol. The van der Waals surface area contributed by atoms with E-state index in [0.717, 1.165) is 32.7 Å².